The lowest BCUT2D eigenvalue weighted by molar-refractivity contribution is -0.151. The minimum atomic E-state index is -0.727. The standard InChI is InChI=1S/C14H27NO5/c1-11(9-19-3)20-10-12(16)8-15-6-4-14(2,5-7-15)13(17)18/h11-12,16H,4-10H2,1-3H3,(H,17,18). The molecule has 0 aromatic carbocycles. The summed E-state index contributed by atoms with van der Waals surface area (Å²) >= 11 is 0. The van der Waals surface area contributed by atoms with Crippen LogP contribution in [0.3, 0.4) is 0 Å². The van der Waals surface area contributed by atoms with E-state index in [4.69, 9.17) is 14.6 Å². The molecule has 2 N–H and O–H groups in total. The lowest BCUT2D eigenvalue weighted by Crippen LogP contribution is -2.46. The molecule has 1 aliphatic rings. The van der Waals surface area contributed by atoms with Gasteiger partial charge in [-0.3, -0.25) is 4.79 Å². The highest BCUT2D eigenvalue weighted by atomic mass is 16.5. The number of likely N-dealkylation sites (tertiary alicyclic amines) is 1. The molecule has 0 amide bonds. The zero-order valence-electron chi connectivity index (χ0n) is 12.7. The molecule has 0 aromatic heterocycles. The molecule has 1 heterocycles. The van der Waals surface area contributed by atoms with Crippen LogP contribution in [0.2, 0.25) is 0 Å². The molecular weight excluding hydrogens is 262 g/mol. The minimum Gasteiger partial charge on any atom is -0.481 e. The predicted molar refractivity (Wildman–Crippen MR) is 74.7 cm³/mol. The van der Waals surface area contributed by atoms with E-state index in [0.29, 0.717) is 39.1 Å². The van der Waals surface area contributed by atoms with Crippen molar-refractivity contribution in [1.29, 1.82) is 0 Å². The van der Waals surface area contributed by atoms with Crippen molar-refractivity contribution in [2.24, 2.45) is 5.41 Å². The first kappa shape index (κ1) is 17.4. The largest absolute Gasteiger partial charge is 0.481 e. The van der Waals surface area contributed by atoms with E-state index in [1.54, 1.807) is 14.0 Å². The first-order chi connectivity index (χ1) is 9.37. The number of aliphatic hydroxyl groups is 1. The van der Waals surface area contributed by atoms with E-state index in [1.165, 1.54) is 0 Å². The number of carbonyl (C=O) groups is 1. The SMILES string of the molecule is COCC(C)OCC(O)CN1CCC(C)(C(=O)O)CC1. The molecule has 0 saturated carbocycles. The Morgan fingerprint density at radius 1 is 1.35 bits per heavy atom. The second-order valence-electron chi connectivity index (χ2n) is 5.92. The molecule has 118 valence electrons. The highest BCUT2D eigenvalue weighted by Crippen LogP contribution is 2.30. The second-order valence-corrected chi connectivity index (χ2v) is 5.92. The Morgan fingerprint density at radius 2 is 1.95 bits per heavy atom. The molecule has 0 spiro atoms. The number of piperidine rings is 1. The summed E-state index contributed by atoms with van der Waals surface area (Å²) in [4.78, 5) is 13.2. The van der Waals surface area contributed by atoms with E-state index in [2.05, 4.69) is 4.90 Å². The van der Waals surface area contributed by atoms with E-state index in [9.17, 15) is 9.90 Å². The lowest BCUT2D eigenvalue weighted by Gasteiger charge is -2.37. The maximum absolute atomic E-state index is 11.1. The van der Waals surface area contributed by atoms with Gasteiger partial charge in [-0.2, -0.15) is 0 Å². The average Bonchev–Trinajstić information content (AvgIpc) is 2.39. The maximum Gasteiger partial charge on any atom is 0.309 e. The van der Waals surface area contributed by atoms with Crippen molar-refractivity contribution in [1.82, 2.24) is 4.90 Å². The van der Waals surface area contributed by atoms with Gasteiger partial charge in [-0.1, -0.05) is 0 Å². The number of hydrogen-bond donors (Lipinski definition) is 2. The number of ether oxygens (including phenoxy) is 2. The van der Waals surface area contributed by atoms with Crippen molar-refractivity contribution in [2.45, 2.75) is 38.9 Å². The fourth-order valence-corrected chi connectivity index (χ4v) is 2.35. The third kappa shape index (κ3) is 5.36. The number of aliphatic hydroxyl groups excluding tert-OH is 1. The molecule has 0 aliphatic carbocycles. The fraction of sp³-hybridized carbons (Fsp3) is 0.929. The summed E-state index contributed by atoms with van der Waals surface area (Å²) in [6.07, 6.45) is 0.654. The monoisotopic (exact) mass is 289 g/mol. The molecule has 0 radical (unpaired) electrons. The normalized spacial score (nSPS) is 22.4. The van der Waals surface area contributed by atoms with Crippen LogP contribution in [0.25, 0.3) is 0 Å². The van der Waals surface area contributed by atoms with E-state index >= 15 is 0 Å². The third-order valence-corrected chi connectivity index (χ3v) is 3.92. The van der Waals surface area contributed by atoms with Crippen molar-refractivity contribution in [3.05, 3.63) is 0 Å². The van der Waals surface area contributed by atoms with E-state index in [-0.39, 0.29) is 12.7 Å². The van der Waals surface area contributed by atoms with Crippen molar-refractivity contribution < 1.29 is 24.5 Å². The first-order valence-corrected chi connectivity index (χ1v) is 7.12. The van der Waals surface area contributed by atoms with Crippen molar-refractivity contribution >= 4 is 5.97 Å². The molecule has 1 rings (SSSR count). The van der Waals surface area contributed by atoms with Crippen molar-refractivity contribution in [3.8, 4) is 0 Å². The van der Waals surface area contributed by atoms with E-state index in [0.717, 1.165) is 0 Å². The molecule has 1 saturated heterocycles. The van der Waals surface area contributed by atoms with Gasteiger partial charge in [0.15, 0.2) is 0 Å². The average molecular weight is 289 g/mol. The number of carboxylic acids is 1. The summed E-state index contributed by atoms with van der Waals surface area (Å²) in [5.74, 6) is -0.727. The van der Waals surface area contributed by atoms with Crippen LogP contribution in [0.1, 0.15) is 26.7 Å². The molecule has 0 bridgehead atoms. The maximum atomic E-state index is 11.1. The van der Waals surface area contributed by atoms with Crippen LogP contribution >= 0.6 is 0 Å². The van der Waals surface area contributed by atoms with Gasteiger partial charge in [0.05, 0.1) is 30.8 Å². The van der Waals surface area contributed by atoms with Crippen LogP contribution in [-0.4, -0.2) is 73.2 Å². The van der Waals surface area contributed by atoms with Crippen molar-refractivity contribution in [3.63, 3.8) is 0 Å². The van der Waals surface area contributed by atoms with Gasteiger partial charge >= 0.3 is 5.97 Å². The number of nitrogens with zero attached hydrogens (tertiary/aromatic N) is 1. The predicted octanol–water partition coefficient (Wildman–Crippen LogP) is 0.586. The summed E-state index contributed by atoms with van der Waals surface area (Å²) < 4.78 is 10.4. The Bertz CT molecular complexity index is 302. The minimum absolute atomic E-state index is 0.0358. The highest BCUT2D eigenvalue weighted by molar-refractivity contribution is 5.74. The number of β-amino-alcohol motifs (C(OH)–C–C–N with tert-alkyl or cyclic N) is 1. The van der Waals surface area contributed by atoms with Crippen molar-refractivity contribution in [2.75, 3.05) is 40.0 Å². The number of methoxy groups -OCH3 is 1. The van der Waals surface area contributed by atoms with Gasteiger partial charge in [0.1, 0.15) is 0 Å². The topological polar surface area (TPSA) is 79.2 Å². The number of carboxylic acid groups (broad SMARTS) is 1. The quantitative estimate of drug-likeness (QED) is 0.681. The number of aliphatic carboxylic acids is 1. The molecule has 2 unspecified atom stereocenters. The Kier molecular flexibility index (Phi) is 6.88. The molecule has 0 aromatic rings. The van der Waals surface area contributed by atoms with Gasteiger partial charge in [0, 0.05) is 13.7 Å². The van der Waals surface area contributed by atoms with Crippen LogP contribution in [0.5, 0.6) is 0 Å². The van der Waals surface area contributed by atoms with Gasteiger partial charge < -0.3 is 24.6 Å². The number of rotatable bonds is 8. The summed E-state index contributed by atoms with van der Waals surface area (Å²) in [5, 5.41) is 19.1. The molecule has 6 heteroatoms. The summed E-state index contributed by atoms with van der Waals surface area (Å²) in [6, 6.07) is 0. The Hall–Kier alpha value is -0.690. The fourth-order valence-electron chi connectivity index (χ4n) is 2.35. The molecule has 1 aliphatic heterocycles. The van der Waals surface area contributed by atoms with Gasteiger partial charge in [-0.05, 0) is 39.8 Å². The Morgan fingerprint density at radius 3 is 2.45 bits per heavy atom. The first-order valence-electron chi connectivity index (χ1n) is 7.12. The summed E-state index contributed by atoms with van der Waals surface area (Å²) in [5.41, 5.74) is -0.620. The van der Waals surface area contributed by atoms with Crippen LogP contribution in [-0.2, 0) is 14.3 Å². The summed E-state index contributed by atoms with van der Waals surface area (Å²) in [6.45, 7) is 6.40. The molecular formula is C14H27NO5. The highest BCUT2D eigenvalue weighted by Gasteiger charge is 2.37. The van der Waals surface area contributed by atoms with Gasteiger partial charge in [0.2, 0.25) is 0 Å². The zero-order chi connectivity index (χ0) is 15.2. The van der Waals surface area contributed by atoms with Gasteiger partial charge in [0.25, 0.3) is 0 Å². The number of hydrogen-bond acceptors (Lipinski definition) is 5. The Labute approximate surface area is 120 Å². The molecule has 6 nitrogen and oxygen atoms in total. The Balaban J connectivity index is 2.24. The van der Waals surface area contributed by atoms with E-state index < -0.39 is 17.5 Å². The molecule has 2 atom stereocenters. The molecule has 1 fully saturated rings. The van der Waals surface area contributed by atoms with Gasteiger partial charge in [-0.25, -0.2) is 0 Å². The van der Waals surface area contributed by atoms with Gasteiger partial charge in [-0.15, -0.1) is 0 Å². The van der Waals surface area contributed by atoms with Crippen LogP contribution in [0.15, 0.2) is 0 Å². The van der Waals surface area contributed by atoms with Crippen LogP contribution in [0.4, 0.5) is 0 Å². The second kappa shape index (κ2) is 7.93. The zero-order valence-corrected chi connectivity index (χ0v) is 12.7. The smallest absolute Gasteiger partial charge is 0.309 e. The van der Waals surface area contributed by atoms with Crippen LogP contribution < -0.4 is 0 Å². The van der Waals surface area contributed by atoms with Crippen LogP contribution in [0, 0.1) is 5.41 Å². The van der Waals surface area contributed by atoms with E-state index in [1.807, 2.05) is 6.92 Å². The lowest BCUT2D eigenvalue weighted by atomic mass is 9.80. The third-order valence-electron chi connectivity index (χ3n) is 3.92. The summed E-state index contributed by atoms with van der Waals surface area (Å²) in [7, 11) is 1.61. The molecule has 20 heavy (non-hydrogen) atoms.